The van der Waals surface area contributed by atoms with E-state index in [0.29, 0.717) is 0 Å². The van der Waals surface area contributed by atoms with Crippen LogP contribution in [0.25, 0.3) is 0 Å². The van der Waals surface area contributed by atoms with E-state index in [0.717, 1.165) is 0 Å². The number of carboxylic acid groups (broad SMARTS) is 1. The van der Waals surface area contributed by atoms with Gasteiger partial charge in [0.25, 0.3) is 0 Å². The molecule has 0 rings (SSSR count). The van der Waals surface area contributed by atoms with Gasteiger partial charge in [0.15, 0.2) is 0 Å². The summed E-state index contributed by atoms with van der Waals surface area (Å²) in [6.45, 7) is 4.29. The largest absolute Gasteiger partial charge is 0.480 e. The number of hydrogen-bond acceptors (Lipinski definition) is 7. The maximum atomic E-state index is 12.1. The average molecular weight is 392 g/mol. The molecular weight excluding hydrogens is 364 g/mol. The number of aliphatic hydroxyl groups excluding tert-OH is 1. The maximum Gasteiger partial charge on any atom is 0.326 e. The number of aliphatic carboxylic acids is 1. The molecule has 10 nitrogen and oxygen atoms in total. The Kier molecular flexibility index (Phi) is 10.9. The van der Waals surface area contributed by atoms with Crippen LogP contribution in [0.5, 0.6) is 0 Å². The second kappa shape index (κ2) is 11.7. The Morgan fingerprint density at radius 1 is 0.962 bits per heavy atom. The Balaban J connectivity index is 4.77. The molecule has 0 aliphatic rings. The lowest BCUT2D eigenvalue weighted by molar-refractivity contribution is -0.142. The van der Waals surface area contributed by atoms with E-state index < -0.39 is 54.5 Å². The molecule has 4 unspecified atom stereocenters. The van der Waals surface area contributed by atoms with Crippen LogP contribution in [0.2, 0.25) is 0 Å². The van der Waals surface area contributed by atoms with Gasteiger partial charge in [0.05, 0.1) is 12.6 Å². The molecular formula is C15H28N4O6S. The summed E-state index contributed by atoms with van der Waals surface area (Å²) >= 11 is 3.86. The SMILES string of the molecule is CC(C)CC(NC(=O)C(C)NC(=O)C(CO)NC(=O)C(N)CS)C(=O)O. The number of aliphatic hydroxyl groups is 1. The van der Waals surface area contributed by atoms with Gasteiger partial charge in [-0.15, -0.1) is 0 Å². The molecule has 0 radical (unpaired) electrons. The lowest BCUT2D eigenvalue weighted by atomic mass is 10.0. The minimum atomic E-state index is -1.30. The third kappa shape index (κ3) is 8.50. The quantitative estimate of drug-likeness (QED) is 0.196. The molecule has 3 amide bonds. The van der Waals surface area contributed by atoms with Gasteiger partial charge < -0.3 is 31.9 Å². The molecule has 11 heteroatoms. The summed E-state index contributed by atoms with van der Waals surface area (Å²) in [6, 6.07) is -4.40. The summed E-state index contributed by atoms with van der Waals surface area (Å²) in [4.78, 5) is 47.0. The summed E-state index contributed by atoms with van der Waals surface area (Å²) in [5.74, 6) is -3.24. The van der Waals surface area contributed by atoms with Crippen molar-refractivity contribution in [3.63, 3.8) is 0 Å². The van der Waals surface area contributed by atoms with Crippen molar-refractivity contribution >= 4 is 36.3 Å². The van der Waals surface area contributed by atoms with Crippen LogP contribution in [0.3, 0.4) is 0 Å². The Morgan fingerprint density at radius 2 is 1.50 bits per heavy atom. The zero-order valence-corrected chi connectivity index (χ0v) is 16.0. The van der Waals surface area contributed by atoms with Crippen LogP contribution in [0.15, 0.2) is 0 Å². The molecule has 0 aromatic carbocycles. The van der Waals surface area contributed by atoms with Gasteiger partial charge in [-0.3, -0.25) is 14.4 Å². The third-order valence-electron chi connectivity index (χ3n) is 3.42. The maximum absolute atomic E-state index is 12.1. The van der Waals surface area contributed by atoms with Crippen LogP contribution >= 0.6 is 12.6 Å². The van der Waals surface area contributed by atoms with Crippen LogP contribution in [0.1, 0.15) is 27.2 Å². The Hall–Kier alpha value is -1.85. The highest BCUT2D eigenvalue weighted by Crippen LogP contribution is 2.05. The molecule has 0 saturated carbocycles. The molecule has 26 heavy (non-hydrogen) atoms. The summed E-state index contributed by atoms with van der Waals surface area (Å²) in [7, 11) is 0. The van der Waals surface area contributed by atoms with E-state index in [-0.39, 0.29) is 18.1 Å². The zero-order valence-electron chi connectivity index (χ0n) is 15.1. The van der Waals surface area contributed by atoms with Gasteiger partial charge in [-0.2, -0.15) is 12.6 Å². The van der Waals surface area contributed by atoms with Crippen LogP contribution in [-0.2, 0) is 19.2 Å². The molecule has 150 valence electrons. The smallest absolute Gasteiger partial charge is 0.326 e. The number of hydrogen-bond donors (Lipinski definition) is 7. The van der Waals surface area contributed by atoms with E-state index >= 15 is 0 Å². The van der Waals surface area contributed by atoms with Gasteiger partial charge in [0.2, 0.25) is 17.7 Å². The second-order valence-corrected chi connectivity index (χ2v) is 6.66. The van der Waals surface area contributed by atoms with Crippen molar-refractivity contribution in [1.29, 1.82) is 0 Å². The molecule has 0 bridgehead atoms. The topological polar surface area (TPSA) is 171 Å². The normalized spacial score (nSPS) is 15.5. The number of carbonyl (C=O) groups excluding carboxylic acids is 3. The van der Waals surface area contributed by atoms with Crippen LogP contribution in [0.4, 0.5) is 0 Å². The standard InChI is InChI=1S/C15H28N4O6S/c1-7(2)4-10(15(24)25)18-12(21)8(3)17-14(23)11(5-20)19-13(22)9(16)6-26/h7-11,20,26H,4-6,16H2,1-3H3,(H,17,23)(H,18,21)(H,19,22)(H,24,25). The van der Waals surface area contributed by atoms with Crippen LogP contribution in [0, 0.1) is 5.92 Å². The van der Waals surface area contributed by atoms with E-state index in [2.05, 4.69) is 28.6 Å². The molecule has 0 saturated heterocycles. The van der Waals surface area contributed by atoms with E-state index in [1.54, 1.807) is 0 Å². The highest BCUT2D eigenvalue weighted by atomic mass is 32.1. The lowest BCUT2D eigenvalue weighted by Gasteiger charge is -2.22. The summed E-state index contributed by atoms with van der Waals surface area (Å²) < 4.78 is 0. The van der Waals surface area contributed by atoms with Gasteiger partial charge in [-0.05, 0) is 19.3 Å². The van der Waals surface area contributed by atoms with E-state index in [4.69, 9.17) is 10.8 Å². The zero-order chi connectivity index (χ0) is 20.4. The van der Waals surface area contributed by atoms with Gasteiger partial charge in [-0.1, -0.05) is 13.8 Å². The first-order chi connectivity index (χ1) is 12.0. The molecule has 0 heterocycles. The number of thiol groups is 1. The highest BCUT2D eigenvalue weighted by Gasteiger charge is 2.28. The van der Waals surface area contributed by atoms with Crippen molar-refractivity contribution in [3.8, 4) is 0 Å². The van der Waals surface area contributed by atoms with Crippen molar-refractivity contribution < 1.29 is 29.4 Å². The van der Waals surface area contributed by atoms with E-state index in [9.17, 15) is 24.3 Å². The number of amides is 3. The molecule has 0 aliphatic carbocycles. The Morgan fingerprint density at radius 3 is 1.92 bits per heavy atom. The Labute approximate surface area is 157 Å². The minimum absolute atomic E-state index is 0.0475. The monoisotopic (exact) mass is 392 g/mol. The fourth-order valence-corrected chi connectivity index (χ4v) is 2.09. The number of carbonyl (C=O) groups is 4. The fraction of sp³-hybridized carbons (Fsp3) is 0.733. The first kappa shape index (κ1) is 24.1. The molecule has 4 atom stereocenters. The van der Waals surface area contributed by atoms with Crippen molar-refractivity contribution in [1.82, 2.24) is 16.0 Å². The molecule has 0 aliphatic heterocycles. The first-order valence-corrected chi connectivity index (χ1v) is 8.77. The minimum Gasteiger partial charge on any atom is -0.480 e. The molecule has 7 N–H and O–H groups in total. The number of rotatable bonds is 11. The molecule has 0 aromatic heterocycles. The van der Waals surface area contributed by atoms with E-state index in [1.807, 2.05) is 13.8 Å². The van der Waals surface area contributed by atoms with Gasteiger partial charge in [-0.25, -0.2) is 4.79 Å². The molecule has 0 aromatic rings. The summed E-state index contributed by atoms with van der Waals surface area (Å²) in [5, 5.41) is 25.3. The molecule has 0 spiro atoms. The van der Waals surface area contributed by atoms with Crippen molar-refractivity contribution in [2.45, 2.75) is 51.4 Å². The van der Waals surface area contributed by atoms with Gasteiger partial charge in [0.1, 0.15) is 18.1 Å². The molecule has 0 fully saturated rings. The van der Waals surface area contributed by atoms with E-state index in [1.165, 1.54) is 6.92 Å². The van der Waals surface area contributed by atoms with Gasteiger partial charge >= 0.3 is 5.97 Å². The highest BCUT2D eigenvalue weighted by molar-refractivity contribution is 7.80. The van der Waals surface area contributed by atoms with Crippen molar-refractivity contribution in [2.24, 2.45) is 11.7 Å². The number of carboxylic acids is 1. The second-order valence-electron chi connectivity index (χ2n) is 6.29. The number of nitrogens with one attached hydrogen (secondary N) is 3. The summed E-state index contributed by atoms with van der Waals surface area (Å²) in [6.07, 6.45) is 0.235. The Bertz CT molecular complexity index is 516. The fourth-order valence-electron chi connectivity index (χ4n) is 1.92. The average Bonchev–Trinajstić information content (AvgIpc) is 2.56. The number of nitrogens with two attached hydrogens (primary N) is 1. The summed E-state index contributed by atoms with van der Waals surface area (Å²) in [5.41, 5.74) is 5.47. The predicted octanol–water partition coefficient (Wildman–Crippen LogP) is -2.16. The van der Waals surface area contributed by atoms with Gasteiger partial charge in [0, 0.05) is 5.75 Å². The van der Waals surface area contributed by atoms with Crippen LogP contribution < -0.4 is 21.7 Å². The van der Waals surface area contributed by atoms with Crippen molar-refractivity contribution in [2.75, 3.05) is 12.4 Å². The first-order valence-electron chi connectivity index (χ1n) is 8.14. The predicted molar refractivity (Wildman–Crippen MR) is 97.5 cm³/mol. The van der Waals surface area contributed by atoms with Crippen LogP contribution in [-0.4, -0.2) is 70.4 Å². The third-order valence-corrected chi connectivity index (χ3v) is 3.82. The van der Waals surface area contributed by atoms with Crippen molar-refractivity contribution in [3.05, 3.63) is 0 Å². The lowest BCUT2D eigenvalue weighted by Crippen LogP contribution is -2.57.